The van der Waals surface area contributed by atoms with E-state index in [1.165, 1.54) is 11.3 Å². The highest BCUT2D eigenvalue weighted by molar-refractivity contribution is 7.16. The number of benzene rings is 2. The molecule has 8 heteroatoms. The maximum atomic E-state index is 12.4. The van der Waals surface area contributed by atoms with Crippen molar-refractivity contribution in [3.63, 3.8) is 0 Å². The molecule has 30 heavy (non-hydrogen) atoms. The Balaban J connectivity index is 1.38. The minimum atomic E-state index is -0.141. The largest absolute Gasteiger partial charge is 0.339 e. The summed E-state index contributed by atoms with van der Waals surface area (Å²) in [7, 11) is 0. The van der Waals surface area contributed by atoms with Gasteiger partial charge in [0.1, 0.15) is 0 Å². The number of hydrogen-bond donors (Lipinski definition) is 1. The molecule has 0 aliphatic heterocycles. The van der Waals surface area contributed by atoms with Crippen LogP contribution in [0.5, 0.6) is 0 Å². The number of nitrogens with zero attached hydrogens (tertiary/aromatic N) is 3. The van der Waals surface area contributed by atoms with Crippen molar-refractivity contribution in [2.24, 2.45) is 0 Å². The topological polar surface area (TPSA) is 80.9 Å². The Kier molecular flexibility index (Phi) is 6.21. The quantitative estimate of drug-likeness (QED) is 0.403. The molecule has 0 aliphatic carbocycles. The van der Waals surface area contributed by atoms with Gasteiger partial charge in [-0.2, -0.15) is 4.98 Å². The lowest BCUT2D eigenvalue weighted by atomic mass is 10.1. The van der Waals surface area contributed by atoms with E-state index in [0.717, 1.165) is 28.1 Å². The molecular weight excluding hydrogens is 420 g/mol. The number of nitrogens with one attached hydrogen (secondary N) is 1. The van der Waals surface area contributed by atoms with Crippen molar-refractivity contribution in [3.05, 3.63) is 70.4 Å². The zero-order valence-corrected chi connectivity index (χ0v) is 17.8. The summed E-state index contributed by atoms with van der Waals surface area (Å²) >= 11 is 7.40. The van der Waals surface area contributed by atoms with E-state index in [9.17, 15) is 4.79 Å². The number of anilines is 1. The molecule has 0 atom stereocenters. The van der Waals surface area contributed by atoms with E-state index in [2.05, 4.69) is 27.4 Å². The van der Waals surface area contributed by atoms with Gasteiger partial charge in [-0.25, -0.2) is 4.98 Å². The Hall–Kier alpha value is -3.03. The summed E-state index contributed by atoms with van der Waals surface area (Å²) < 4.78 is 5.26. The first kappa shape index (κ1) is 20.3. The van der Waals surface area contributed by atoms with Gasteiger partial charge in [0, 0.05) is 33.9 Å². The lowest BCUT2D eigenvalue weighted by Gasteiger charge is -1.99. The summed E-state index contributed by atoms with van der Waals surface area (Å²) in [5.74, 6) is 0.743. The molecular formula is C22H19ClN4O2S. The van der Waals surface area contributed by atoms with Crippen LogP contribution in [-0.2, 0) is 17.6 Å². The van der Waals surface area contributed by atoms with Gasteiger partial charge in [0.2, 0.25) is 17.6 Å². The van der Waals surface area contributed by atoms with E-state index >= 15 is 0 Å². The number of rotatable bonds is 7. The fraction of sp³-hybridized carbons (Fsp3) is 0.182. The van der Waals surface area contributed by atoms with Gasteiger partial charge in [0.25, 0.3) is 0 Å². The third kappa shape index (κ3) is 4.75. The zero-order valence-electron chi connectivity index (χ0n) is 16.3. The van der Waals surface area contributed by atoms with Gasteiger partial charge in [-0.1, -0.05) is 54.0 Å². The number of aromatic nitrogens is 3. The van der Waals surface area contributed by atoms with Crippen LogP contribution in [0.25, 0.3) is 22.6 Å². The molecule has 0 radical (unpaired) electrons. The molecule has 1 amide bonds. The second-order valence-corrected chi connectivity index (χ2v) is 8.10. The highest BCUT2D eigenvalue weighted by atomic mass is 35.5. The van der Waals surface area contributed by atoms with E-state index in [1.807, 2.05) is 42.5 Å². The molecule has 2 heterocycles. The number of amides is 1. The van der Waals surface area contributed by atoms with Gasteiger partial charge in [0.05, 0.1) is 5.69 Å². The molecule has 4 rings (SSSR count). The maximum absolute atomic E-state index is 12.4. The monoisotopic (exact) mass is 438 g/mol. The molecule has 0 bridgehead atoms. The summed E-state index contributed by atoms with van der Waals surface area (Å²) in [6.45, 7) is 2.08. The molecule has 0 spiro atoms. The van der Waals surface area contributed by atoms with Crippen molar-refractivity contribution >= 4 is 34.0 Å². The lowest BCUT2D eigenvalue weighted by Crippen LogP contribution is -2.12. The predicted octanol–water partition coefficient (Wildman–Crippen LogP) is 5.65. The molecule has 6 nitrogen and oxygen atoms in total. The Bertz CT molecular complexity index is 1140. The van der Waals surface area contributed by atoms with Gasteiger partial charge in [-0.15, -0.1) is 11.3 Å². The SMILES string of the molecule is CCc1sc(NC(=O)CCc2nc(-c3ccc(Cl)cc3)no2)nc1-c1ccccc1. The Morgan fingerprint density at radius 3 is 2.57 bits per heavy atom. The molecule has 4 aromatic rings. The minimum Gasteiger partial charge on any atom is -0.339 e. The normalized spacial score (nSPS) is 10.9. The smallest absolute Gasteiger partial charge is 0.227 e. The maximum Gasteiger partial charge on any atom is 0.227 e. The van der Waals surface area contributed by atoms with Gasteiger partial charge in [-0.3, -0.25) is 4.79 Å². The predicted molar refractivity (Wildman–Crippen MR) is 119 cm³/mol. The number of thiazole rings is 1. The summed E-state index contributed by atoms with van der Waals surface area (Å²) in [4.78, 5) is 22.5. The van der Waals surface area contributed by atoms with Crippen molar-refractivity contribution in [2.75, 3.05) is 5.32 Å². The van der Waals surface area contributed by atoms with E-state index < -0.39 is 0 Å². The fourth-order valence-electron chi connectivity index (χ4n) is 2.94. The molecule has 2 aromatic carbocycles. The summed E-state index contributed by atoms with van der Waals surface area (Å²) in [5.41, 5.74) is 2.77. The summed E-state index contributed by atoms with van der Waals surface area (Å²) in [6, 6.07) is 17.2. The van der Waals surface area contributed by atoms with Crippen LogP contribution >= 0.6 is 22.9 Å². The van der Waals surface area contributed by atoms with Crippen LogP contribution < -0.4 is 5.32 Å². The average Bonchev–Trinajstić information content (AvgIpc) is 3.40. The standard InChI is InChI=1S/C22H19ClN4O2S/c1-2-17-20(14-6-4-3-5-7-14)26-22(30-17)24-18(28)12-13-19-25-21(27-29-19)15-8-10-16(23)11-9-15/h3-11H,2,12-13H2,1H3,(H,24,26,28). The van der Waals surface area contributed by atoms with Crippen molar-refractivity contribution in [1.29, 1.82) is 0 Å². The van der Waals surface area contributed by atoms with Gasteiger partial charge in [-0.05, 0) is 30.7 Å². The van der Waals surface area contributed by atoms with E-state index in [1.54, 1.807) is 12.1 Å². The Labute approximate surface area is 182 Å². The number of carbonyl (C=O) groups is 1. The first-order valence-corrected chi connectivity index (χ1v) is 10.8. The van der Waals surface area contributed by atoms with Crippen molar-refractivity contribution in [1.82, 2.24) is 15.1 Å². The number of hydrogen-bond acceptors (Lipinski definition) is 6. The van der Waals surface area contributed by atoms with Crippen LogP contribution in [0.15, 0.2) is 59.1 Å². The minimum absolute atomic E-state index is 0.141. The van der Waals surface area contributed by atoms with E-state index in [-0.39, 0.29) is 12.3 Å². The number of carbonyl (C=O) groups excluding carboxylic acids is 1. The number of halogens is 1. The summed E-state index contributed by atoms with van der Waals surface area (Å²) in [6.07, 6.45) is 1.43. The second-order valence-electron chi connectivity index (χ2n) is 6.58. The highest BCUT2D eigenvalue weighted by Gasteiger charge is 2.15. The molecule has 0 aliphatic rings. The molecule has 0 saturated heterocycles. The average molecular weight is 439 g/mol. The van der Waals surface area contributed by atoms with Gasteiger partial charge >= 0.3 is 0 Å². The molecule has 0 saturated carbocycles. The van der Waals surface area contributed by atoms with Crippen LogP contribution in [0, 0.1) is 0 Å². The van der Waals surface area contributed by atoms with E-state index in [0.29, 0.717) is 28.3 Å². The van der Waals surface area contributed by atoms with Crippen LogP contribution in [0.3, 0.4) is 0 Å². The fourth-order valence-corrected chi connectivity index (χ4v) is 4.01. The van der Waals surface area contributed by atoms with Crippen molar-refractivity contribution in [3.8, 4) is 22.6 Å². The first-order chi connectivity index (χ1) is 14.6. The number of aryl methyl sites for hydroxylation is 2. The third-order valence-electron chi connectivity index (χ3n) is 4.45. The van der Waals surface area contributed by atoms with Crippen LogP contribution in [0.4, 0.5) is 5.13 Å². The third-order valence-corrected chi connectivity index (χ3v) is 5.82. The zero-order chi connectivity index (χ0) is 20.9. The second kappa shape index (κ2) is 9.19. The van der Waals surface area contributed by atoms with Gasteiger partial charge < -0.3 is 9.84 Å². The van der Waals surface area contributed by atoms with Crippen LogP contribution in [0.1, 0.15) is 24.1 Å². The van der Waals surface area contributed by atoms with Crippen molar-refractivity contribution < 1.29 is 9.32 Å². The Morgan fingerprint density at radius 2 is 1.83 bits per heavy atom. The van der Waals surface area contributed by atoms with Crippen molar-refractivity contribution in [2.45, 2.75) is 26.2 Å². The van der Waals surface area contributed by atoms with Crippen LogP contribution in [-0.4, -0.2) is 21.0 Å². The molecule has 0 fully saturated rings. The lowest BCUT2D eigenvalue weighted by molar-refractivity contribution is -0.116. The Morgan fingerprint density at radius 1 is 1.07 bits per heavy atom. The molecule has 152 valence electrons. The summed E-state index contributed by atoms with van der Waals surface area (Å²) in [5, 5.41) is 8.09. The first-order valence-electron chi connectivity index (χ1n) is 9.56. The van der Waals surface area contributed by atoms with Crippen LogP contribution in [0.2, 0.25) is 5.02 Å². The molecule has 0 unspecified atom stereocenters. The van der Waals surface area contributed by atoms with Gasteiger partial charge in [0.15, 0.2) is 5.13 Å². The molecule has 1 N–H and O–H groups in total. The highest BCUT2D eigenvalue weighted by Crippen LogP contribution is 2.31. The van der Waals surface area contributed by atoms with E-state index in [4.69, 9.17) is 16.1 Å². The molecule has 2 aromatic heterocycles.